The summed E-state index contributed by atoms with van der Waals surface area (Å²) in [6.07, 6.45) is 8.26. The molecule has 1 aromatic carbocycles. The van der Waals surface area contributed by atoms with Gasteiger partial charge in [-0.15, -0.1) is 0 Å². The van der Waals surface area contributed by atoms with Crippen LogP contribution in [0.15, 0.2) is 24.3 Å². The molecule has 1 saturated heterocycles. The first kappa shape index (κ1) is 22.4. The maximum absolute atomic E-state index is 12.6. The van der Waals surface area contributed by atoms with E-state index in [1.165, 1.54) is 54.8 Å². The first-order valence-corrected chi connectivity index (χ1v) is 13.0. The summed E-state index contributed by atoms with van der Waals surface area (Å²) in [5, 5.41) is 0.994. The number of unbranched alkanes of at least 4 members (excludes halogenated alkanes) is 5. The molecule has 29 heavy (non-hydrogen) atoms. The van der Waals surface area contributed by atoms with Crippen LogP contribution < -0.4 is 4.90 Å². The minimum Gasteiger partial charge on any atom is -0.344 e. The Bertz CT molecular complexity index is 754. The van der Waals surface area contributed by atoms with Crippen LogP contribution in [0.5, 0.6) is 0 Å². The van der Waals surface area contributed by atoms with E-state index in [0.717, 1.165) is 55.7 Å². The molecule has 0 amide bonds. The van der Waals surface area contributed by atoms with E-state index in [1.54, 1.807) is 0 Å². The summed E-state index contributed by atoms with van der Waals surface area (Å²) in [5.41, 5.74) is 2.52. The number of rotatable bonds is 11. The molecule has 3 rings (SSSR count). The number of nitrogens with zero attached hydrogens (tertiary/aromatic N) is 4. The second kappa shape index (κ2) is 11.8. The minimum absolute atomic E-state index is 0.777. The molecule has 1 aromatic heterocycles. The highest BCUT2D eigenvalue weighted by Gasteiger charge is 2.23. The van der Waals surface area contributed by atoms with Crippen LogP contribution in [0.3, 0.4) is 0 Å². The largest absolute Gasteiger partial charge is 0.344 e. The Morgan fingerprint density at radius 1 is 1.00 bits per heavy atom. The Morgan fingerprint density at radius 2 is 1.69 bits per heavy atom. The number of benzene rings is 1. The van der Waals surface area contributed by atoms with Gasteiger partial charge in [-0.25, -0.2) is 13.5 Å². The molecule has 1 unspecified atom stereocenters. The zero-order chi connectivity index (χ0) is 20.5. The molecular formula is C22H34N4OS2. The quantitative estimate of drug-likeness (QED) is 0.486. The summed E-state index contributed by atoms with van der Waals surface area (Å²) >= 11 is 1.48. The van der Waals surface area contributed by atoms with Gasteiger partial charge in [0, 0.05) is 49.9 Å². The fourth-order valence-corrected chi connectivity index (χ4v) is 5.57. The van der Waals surface area contributed by atoms with E-state index >= 15 is 0 Å². The van der Waals surface area contributed by atoms with Crippen LogP contribution in [-0.2, 0) is 17.4 Å². The summed E-state index contributed by atoms with van der Waals surface area (Å²) in [5.74, 6) is 1.70. The average molecular weight is 435 g/mol. The standard InChI is InChI=1S/C22H34N4OS2/c1-3-4-5-6-7-8-17-29(27)26-15-13-25(14-16-26)22-23-21(24-28-22)18-20-11-9-19(2)10-12-20/h9-12H,3-8,13-18H2,1-2H3. The molecule has 5 nitrogen and oxygen atoms in total. The minimum atomic E-state index is -0.834. The van der Waals surface area contributed by atoms with Crippen molar-refractivity contribution < 1.29 is 4.21 Å². The molecule has 0 saturated carbocycles. The lowest BCUT2D eigenvalue weighted by Crippen LogP contribution is -2.47. The fourth-order valence-electron chi connectivity index (χ4n) is 3.55. The van der Waals surface area contributed by atoms with Gasteiger partial charge >= 0.3 is 0 Å². The van der Waals surface area contributed by atoms with Gasteiger partial charge < -0.3 is 4.90 Å². The molecule has 0 aliphatic carbocycles. The van der Waals surface area contributed by atoms with Crippen molar-refractivity contribution in [2.45, 2.75) is 58.8 Å². The van der Waals surface area contributed by atoms with Gasteiger partial charge in [-0.3, -0.25) is 0 Å². The van der Waals surface area contributed by atoms with Gasteiger partial charge in [0.1, 0.15) is 5.82 Å². The molecule has 0 bridgehead atoms. The van der Waals surface area contributed by atoms with E-state index in [-0.39, 0.29) is 0 Å². The van der Waals surface area contributed by atoms with Crippen LogP contribution in [0.4, 0.5) is 5.13 Å². The van der Waals surface area contributed by atoms with Crippen molar-refractivity contribution in [3.8, 4) is 0 Å². The van der Waals surface area contributed by atoms with E-state index in [2.05, 4.69) is 51.7 Å². The Labute approximate surface area is 182 Å². The Balaban J connectivity index is 1.39. The van der Waals surface area contributed by atoms with Crippen molar-refractivity contribution >= 4 is 27.6 Å². The molecule has 2 aromatic rings. The Morgan fingerprint density at radius 3 is 2.41 bits per heavy atom. The highest BCUT2D eigenvalue weighted by molar-refractivity contribution is 7.82. The monoisotopic (exact) mass is 434 g/mol. The molecule has 0 radical (unpaired) electrons. The van der Waals surface area contributed by atoms with Crippen LogP contribution in [-0.4, -0.2) is 49.8 Å². The van der Waals surface area contributed by atoms with Gasteiger partial charge in [-0.2, -0.15) is 4.37 Å². The predicted octanol–water partition coefficient (Wildman–Crippen LogP) is 4.58. The third-order valence-electron chi connectivity index (χ3n) is 5.41. The molecule has 160 valence electrons. The van der Waals surface area contributed by atoms with Gasteiger partial charge in [0.05, 0.1) is 11.0 Å². The lowest BCUT2D eigenvalue weighted by molar-refractivity contribution is 0.409. The molecule has 1 fully saturated rings. The number of hydrogen-bond donors (Lipinski definition) is 0. The number of piperazine rings is 1. The second-order valence-electron chi connectivity index (χ2n) is 7.86. The lowest BCUT2D eigenvalue weighted by atomic mass is 10.1. The first-order valence-electron chi connectivity index (χ1n) is 10.9. The summed E-state index contributed by atoms with van der Waals surface area (Å²) in [7, 11) is -0.834. The number of hydrogen-bond acceptors (Lipinski definition) is 5. The molecule has 0 spiro atoms. The molecule has 0 N–H and O–H groups in total. The van der Waals surface area contributed by atoms with Crippen LogP contribution in [0.2, 0.25) is 0 Å². The highest BCUT2D eigenvalue weighted by Crippen LogP contribution is 2.21. The predicted molar refractivity (Wildman–Crippen MR) is 124 cm³/mol. The van der Waals surface area contributed by atoms with Crippen LogP contribution in [0.25, 0.3) is 0 Å². The van der Waals surface area contributed by atoms with Crippen molar-refractivity contribution in [2.75, 3.05) is 36.8 Å². The lowest BCUT2D eigenvalue weighted by Gasteiger charge is -2.33. The van der Waals surface area contributed by atoms with Crippen molar-refractivity contribution in [3.63, 3.8) is 0 Å². The topological polar surface area (TPSA) is 49.3 Å². The Hall–Kier alpha value is -1.31. The number of aromatic nitrogens is 2. The van der Waals surface area contributed by atoms with E-state index in [0.29, 0.717) is 0 Å². The summed E-state index contributed by atoms with van der Waals surface area (Å²) in [6, 6.07) is 8.56. The molecule has 1 aliphatic rings. The molecule has 1 atom stereocenters. The molecule has 7 heteroatoms. The van der Waals surface area contributed by atoms with Crippen LogP contribution in [0, 0.1) is 6.92 Å². The van der Waals surface area contributed by atoms with Gasteiger partial charge in [0.25, 0.3) is 0 Å². The van der Waals surface area contributed by atoms with Gasteiger partial charge in [0.15, 0.2) is 0 Å². The van der Waals surface area contributed by atoms with Crippen molar-refractivity contribution in [1.29, 1.82) is 0 Å². The van der Waals surface area contributed by atoms with E-state index in [9.17, 15) is 4.21 Å². The third-order valence-corrected chi connectivity index (χ3v) is 7.80. The van der Waals surface area contributed by atoms with E-state index in [1.807, 2.05) is 0 Å². The van der Waals surface area contributed by atoms with Crippen molar-refractivity contribution in [3.05, 3.63) is 41.2 Å². The van der Waals surface area contributed by atoms with Gasteiger partial charge in [-0.1, -0.05) is 68.9 Å². The molecule has 1 aliphatic heterocycles. The molecular weight excluding hydrogens is 400 g/mol. The zero-order valence-electron chi connectivity index (χ0n) is 17.8. The third kappa shape index (κ3) is 7.15. The van der Waals surface area contributed by atoms with E-state index in [4.69, 9.17) is 4.98 Å². The second-order valence-corrected chi connectivity index (χ2v) is 10.2. The highest BCUT2D eigenvalue weighted by atomic mass is 32.2. The van der Waals surface area contributed by atoms with Crippen molar-refractivity contribution in [1.82, 2.24) is 13.7 Å². The maximum Gasteiger partial charge on any atom is 0.205 e. The van der Waals surface area contributed by atoms with E-state index < -0.39 is 11.0 Å². The number of anilines is 1. The van der Waals surface area contributed by atoms with Crippen molar-refractivity contribution in [2.24, 2.45) is 0 Å². The maximum atomic E-state index is 12.6. The SMILES string of the molecule is CCCCCCCCS(=O)N1CCN(c2nc(Cc3ccc(C)cc3)ns2)CC1. The number of aryl methyl sites for hydroxylation is 1. The smallest absolute Gasteiger partial charge is 0.205 e. The summed E-state index contributed by atoms with van der Waals surface area (Å²) < 4.78 is 19.2. The van der Waals surface area contributed by atoms with Gasteiger partial charge in [-0.05, 0) is 18.9 Å². The normalized spacial score (nSPS) is 16.3. The van der Waals surface area contributed by atoms with Crippen LogP contribution >= 0.6 is 11.5 Å². The average Bonchev–Trinajstić information content (AvgIpc) is 3.21. The Kier molecular flexibility index (Phi) is 9.08. The first-order chi connectivity index (χ1) is 14.2. The summed E-state index contributed by atoms with van der Waals surface area (Å²) in [6.45, 7) is 7.78. The van der Waals surface area contributed by atoms with Gasteiger partial charge in [0.2, 0.25) is 5.13 Å². The summed E-state index contributed by atoms with van der Waals surface area (Å²) in [4.78, 5) is 7.03. The molecule has 2 heterocycles. The van der Waals surface area contributed by atoms with Crippen LogP contribution in [0.1, 0.15) is 62.4 Å². The zero-order valence-corrected chi connectivity index (χ0v) is 19.4. The fraction of sp³-hybridized carbons (Fsp3) is 0.636.